The molecule has 0 fully saturated rings. The predicted octanol–water partition coefficient (Wildman–Crippen LogP) is 8.83. The molecule has 0 aromatic heterocycles. The summed E-state index contributed by atoms with van der Waals surface area (Å²) in [6.45, 7) is 0. The third-order valence-electron chi connectivity index (χ3n) is 8.41. The SMILES string of the molecule is O=Cc1ccc(C2(c3ccc(C=O)cc3)C3=C(CCC=C3)c3c(N(c4c#cccc4)c4ccccc4)cccc32)cc1. The molecule has 0 unspecified atom stereocenters. The van der Waals surface area contributed by atoms with Crippen molar-refractivity contribution in [1.82, 2.24) is 0 Å². The summed E-state index contributed by atoms with van der Waals surface area (Å²) in [6.07, 6.45) is 8.16. The highest BCUT2D eigenvalue weighted by atomic mass is 16.1. The van der Waals surface area contributed by atoms with Crippen LogP contribution in [0.1, 0.15) is 55.8 Å². The highest BCUT2D eigenvalue weighted by Gasteiger charge is 2.48. The molecule has 0 heterocycles. The van der Waals surface area contributed by atoms with Gasteiger partial charge in [-0.1, -0.05) is 103 Å². The number of hydrogen-bond donors (Lipinski definition) is 0. The van der Waals surface area contributed by atoms with Crippen molar-refractivity contribution in [2.45, 2.75) is 18.3 Å². The third-order valence-corrected chi connectivity index (χ3v) is 8.41. The molecule has 2 aliphatic carbocycles. The normalized spacial score (nSPS) is 14.5. The van der Waals surface area contributed by atoms with Gasteiger partial charge in [0.25, 0.3) is 0 Å². The molecule has 200 valence electrons. The van der Waals surface area contributed by atoms with Gasteiger partial charge in [-0.05, 0) is 77.1 Å². The molecule has 0 saturated carbocycles. The lowest BCUT2D eigenvalue weighted by molar-refractivity contribution is 0.111. The molecule has 0 spiro atoms. The van der Waals surface area contributed by atoms with Crippen LogP contribution in [0.15, 0.2) is 133 Å². The first-order valence-electron chi connectivity index (χ1n) is 14.1. The van der Waals surface area contributed by atoms with Crippen LogP contribution in [-0.4, -0.2) is 12.6 Å². The van der Waals surface area contributed by atoms with Gasteiger partial charge < -0.3 is 4.90 Å². The molecule has 0 bridgehead atoms. The Labute approximate surface area is 246 Å². The van der Waals surface area contributed by atoms with Crippen molar-refractivity contribution in [1.29, 1.82) is 0 Å². The zero-order valence-corrected chi connectivity index (χ0v) is 23.0. The van der Waals surface area contributed by atoms with Gasteiger partial charge in [0, 0.05) is 22.4 Å². The first kappa shape index (κ1) is 25.5. The zero-order chi connectivity index (χ0) is 28.5. The van der Waals surface area contributed by atoms with E-state index < -0.39 is 5.41 Å². The van der Waals surface area contributed by atoms with Crippen LogP contribution in [0, 0.1) is 12.1 Å². The third kappa shape index (κ3) is 3.92. The second-order valence-electron chi connectivity index (χ2n) is 10.6. The molecular weight excluding hydrogens is 514 g/mol. The summed E-state index contributed by atoms with van der Waals surface area (Å²) in [4.78, 5) is 25.5. The van der Waals surface area contributed by atoms with Crippen molar-refractivity contribution >= 4 is 35.2 Å². The number of nitrogens with zero attached hydrogens (tertiary/aromatic N) is 1. The minimum atomic E-state index is -0.630. The fourth-order valence-electron chi connectivity index (χ4n) is 6.65. The first-order chi connectivity index (χ1) is 20.8. The van der Waals surface area contributed by atoms with E-state index in [9.17, 15) is 9.59 Å². The van der Waals surface area contributed by atoms with E-state index in [1.54, 1.807) is 0 Å². The average Bonchev–Trinajstić information content (AvgIpc) is 3.38. The number of anilines is 3. The largest absolute Gasteiger partial charge is 0.303 e. The van der Waals surface area contributed by atoms with Crippen molar-refractivity contribution in [3.63, 3.8) is 0 Å². The van der Waals surface area contributed by atoms with E-state index in [1.165, 1.54) is 22.3 Å². The Morgan fingerprint density at radius 2 is 1.40 bits per heavy atom. The summed E-state index contributed by atoms with van der Waals surface area (Å²) in [7, 11) is 0. The smallest absolute Gasteiger partial charge is 0.150 e. The Morgan fingerprint density at radius 3 is 2.02 bits per heavy atom. The highest BCUT2D eigenvalue weighted by molar-refractivity contribution is 5.96. The van der Waals surface area contributed by atoms with Crippen LogP contribution in [0.25, 0.3) is 5.57 Å². The summed E-state index contributed by atoms with van der Waals surface area (Å²) in [5, 5.41) is 0. The van der Waals surface area contributed by atoms with Crippen LogP contribution < -0.4 is 4.90 Å². The molecule has 5 aromatic carbocycles. The summed E-state index contributed by atoms with van der Waals surface area (Å²) in [5.41, 5.74) is 10.7. The second kappa shape index (κ2) is 10.5. The van der Waals surface area contributed by atoms with Crippen LogP contribution in [0.3, 0.4) is 0 Å². The first-order valence-corrected chi connectivity index (χ1v) is 14.1. The number of benzene rings is 4. The maximum absolute atomic E-state index is 11.6. The van der Waals surface area contributed by atoms with E-state index in [0.717, 1.165) is 53.6 Å². The Balaban J connectivity index is 1.57. The molecule has 3 nitrogen and oxygen atoms in total. The number of hydrogen-bond acceptors (Lipinski definition) is 3. The molecular formula is C39H27NO2. The van der Waals surface area contributed by atoms with Gasteiger partial charge in [-0.25, -0.2) is 0 Å². The van der Waals surface area contributed by atoms with Crippen molar-refractivity contribution in [2.24, 2.45) is 0 Å². The van der Waals surface area contributed by atoms with Crippen LogP contribution in [0.4, 0.5) is 17.1 Å². The lowest BCUT2D eigenvalue weighted by atomic mass is 9.66. The van der Waals surface area contributed by atoms with Crippen LogP contribution in [-0.2, 0) is 5.41 Å². The average molecular weight is 542 g/mol. The second-order valence-corrected chi connectivity index (χ2v) is 10.6. The summed E-state index contributed by atoms with van der Waals surface area (Å²) < 4.78 is 0. The van der Waals surface area contributed by atoms with E-state index in [2.05, 4.69) is 102 Å². The number of para-hydroxylation sites is 1. The molecule has 42 heavy (non-hydrogen) atoms. The van der Waals surface area contributed by atoms with Gasteiger partial charge in [-0.3, -0.25) is 9.59 Å². The van der Waals surface area contributed by atoms with Gasteiger partial charge in [-0.2, -0.15) is 0 Å². The molecule has 7 rings (SSSR count). The number of fused-ring (bicyclic) bond motifs is 2. The van der Waals surface area contributed by atoms with Gasteiger partial charge in [0.2, 0.25) is 0 Å². The lowest BCUT2D eigenvalue weighted by Crippen LogP contribution is -2.30. The summed E-state index contributed by atoms with van der Waals surface area (Å²) in [6, 6.07) is 45.2. The molecule has 0 aliphatic heterocycles. The van der Waals surface area contributed by atoms with Crippen molar-refractivity contribution < 1.29 is 9.59 Å². The van der Waals surface area contributed by atoms with Gasteiger partial charge >= 0.3 is 0 Å². The van der Waals surface area contributed by atoms with Gasteiger partial charge in [0.1, 0.15) is 12.6 Å². The van der Waals surface area contributed by atoms with Crippen molar-refractivity contribution in [2.75, 3.05) is 4.90 Å². The van der Waals surface area contributed by atoms with Crippen molar-refractivity contribution in [3.8, 4) is 0 Å². The van der Waals surface area contributed by atoms with E-state index in [-0.39, 0.29) is 0 Å². The monoisotopic (exact) mass is 541 g/mol. The Morgan fingerprint density at radius 1 is 0.714 bits per heavy atom. The number of aldehydes is 2. The van der Waals surface area contributed by atoms with E-state index in [1.807, 2.05) is 42.5 Å². The molecule has 3 heteroatoms. The van der Waals surface area contributed by atoms with Crippen molar-refractivity contribution in [3.05, 3.63) is 178 Å². The predicted molar refractivity (Wildman–Crippen MR) is 168 cm³/mol. The summed E-state index contributed by atoms with van der Waals surface area (Å²) in [5.74, 6) is 0. The molecule has 0 atom stereocenters. The Bertz CT molecular complexity index is 1740. The molecule has 0 radical (unpaired) electrons. The maximum atomic E-state index is 11.6. The van der Waals surface area contributed by atoms with E-state index in [0.29, 0.717) is 11.1 Å². The van der Waals surface area contributed by atoms with Gasteiger partial charge in [0.05, 0.1) is 16.8 Å². The van der Waals surface area contributed by atoms with E-state index >= 15 is 0 Å². The Hall–Kier alpha value is -5.46. The topological polar surface area (TPSA) is 37.4 Å². The Kier molecular flexibility index (Phi) is 6.38. The number of carbonyl (C=O) groups excluding carboxylic acids is 2. The highest BCUT2D eigenvalue weighted by Crippen LogP contribution is 2.59. The standard InChI is InChI=1S/C39H27NO2/c41-26-28-18-22-30(23-19-28)39(31-24-20-29(27-42)21-25-31)35-15-8-7-14-34(35)38-36(39)16-9-17-37(38)40(32-10-3-1-4-11-32)33-12-5-2-6-13-33/h1-5,8-12,15-27H,7,14H2. The summed E-state index contributed by atoms with van der Waals surface area (Å²) >= 11 is 0. The zero-order valence-electron chi connectivity index (χ0n) is 23.0. The van der Waals surface area contributed by atoms with Crippen LogP contribution in [0.2, 0.25) is 0 Å². The number of carbonyl (C=O) groups is 2. The number of allylic oxidation sites excluding steroid dienone is 4. The molecule has 0 saturated heterocycles. The maximum Gasteiger partial charge on any atom is 0.150 e. The van der Waals surface area contributed by atoms with Crippen LogP contribution >= 0.6 is 0 Å². The minimum absolute atomic E-state index is 0.630. The van der Waals surface area contributed by atoms with E-state index in [4.69, 9.17) is 0 Å². The lowest BCUT2D eigenvalue weighted by Gasteiger charge is -2.36. The molecule has 5 aromatic rings. The minimum Gasteiger partial charge on any atom is -0.303 e. The van der Waals surface area contributed by atoms with Gasteiger partial charge in [0.15, 0.2) is 0 Å². The van der Waals surface area contributed by atoms with Crippen LogP contribution in [0.5, 0.6) is 0 Å². The quantitative estimate of drug-likeness (QED) is 0.193. The molecule has 0 amide bonds. The number of rotatable bonds is 7. The molecule has 0 N–H and O–H groups in total. The van der Waals surface area contributed by atoms with Gasteiger partial charge in [-0.15, -0.1) is 0 Å². The fourth-order valence-corrected chi connectivity index (χ4v) is 6.65. The fraction of sp³-hybridized carbons (Fsp3) is 0.0769. The molecule has 2 aliphatic rings.